The Hall–Kier alpha value is -1.69. The van der Waals surface area contributed by atoms with Gasteiger partial charge in [0.2, 0.25) is 0 Å². The van der Waals surface area contributed by atoms with Crippen LogP contribution in [0.5, 0.6) is 0 Å². The molecule has 2 aromatic carbocycles. The van der Waals surface area contributed by atoms with E-state index < -0.39 is 4.87 Å². The van der Waals surface area contributed by atoms with Gasteiger partial charge in [-0.2, -0.15) is 0 Å². The molecule has 0 unspecified atom stereocenters. The summed E-state index contributed by atoms with van der Waals surface area (Å²) in [7, 11) is 0. The van der Waals surface area contributed by atoms with Crippen molar-refractivity contribution in [2.24, 2.45) is 4.99 Å². The average molecular weight is 380 g/mol. The van der Waals surface area contributed by atoms with Crippen molar-refractivity contribution in [2.75, 3.05) is 0 Å². The summed E-state index contributed by atoms with van der Waals surface area (Å²) in [6, 6.07) is 14.4. The Bertz CT molecular complexity index is 809. The molecule has 0 saturated carbocycles. The monoisotopic (exact) mass is 379 g/mol. The zero-order valence-electron chi connectivity index (χ0n) is 13.1. The third-order valence-electron chi connectivity index (χ3n) is 3.44. The van der Waals surface area contributed by atoms with E-state index in [-0.39, 0.29) is 5.91 Å². The van der Waals surface area contributed by atoms with Gasteiger partial charge >= 0.3 is 0 Å². The molecule has 0 spiro atoms. The maximum Gasteiger partial charge on any atom is 0.275 e. The quantitative estimate of drug-likeness (QED) is 0.787. The fraction of sp³-hybridized carbons (Fsp3) is 0.176. The number of aliphatic imine (C=N–C) groups is 1. The largest absolute Gasteiger partial charge is 0.275 e. The number of nitrogens with one attached hydrogen (secondary N) is 1. The molecule has 4 nitrogen and oxygen atoms in total. The van der Waals surface area contributed by atoms with E-state index in [1.54, 1.807) is 18.2 Å². The van der Waals surface area contributed by atoms with Crippen LogP contribution in [-0.4, -0.2) is 21.0 Å². The van der Waals surface area contributed by atoms with Crippen LogP contribution in [0, 0.1) is 0 Å². The number of hydrogen-bond acceptors (Lipinski definition) is 3. The van der Waals surface area contributed by atoms with Crippen molar-refractivity contribution in [1.29, 1.82) is 0 Å². The highest BCUT2D eigenvalue weighted by Crippen LogP contribution is 2.37. The van der Waals surface area contributed by atoms with Gasteiger partial charge in [0.25, 0.3) is 5.91 Å². The molecule has 2 aromatic rings. The molecule has 1 heterocycles. The number of nitrogens with zero attached hydrogens (tertiary/aromatic N) is 2. The van der Waals surface area contributed by atoms with E-state index in [9.17, 15) is 4.79 Å². The molecule has 1 aliphatic rings. The third kappa shape index (κ3) is 3.53. The van der Waals surface area contributed by atoms with Crippen LogP contribution in [-0.2, 0) is 0 Å². The number of hydrazine groups is 1. The number of carbonyl (C=O) groups is 1. The number of amidine groups is 1. The summed E-state index contributed by atoms with van der Waals surface area (Å²) < 4.78 is 0. The average Bonchev–Trinajstić information content (AvgIpc) is 2.82. The Labute approximate surface area is 154 Å². The summed E-state index contributed by atoms with van der Waals surface area (Å²) in [6.45, 7) is 3.89. The molecule has 0 radical (unpaired) electrons. The Morgan fingerprint density at radius 3 is 2.54 bits per heavy atom. The number of hydrogen-bond donors (Lipinski definition) is 1. The molecule has 124 valence electrons. The van der Waals surface area contributed by atoms with Crippen LogP contribution in [0.3, 0.4) is 0 Å². The second-order valence-electron chi connectivity index (χ2n) is 5.68. The van der Waals surface area contributed by atoms with Crippen molar-refractivity contribution in [3.63, 3.8) is 0 Å². The number of carbonyl (C=O) groups excluding carboxylic acids is 1. The van der Waals surface area contributed by atoms with Gasteiger partial charge in [-0.15, -0.1) is 0 Å². The van der Waals surface area contributed by atoms with Crippen molar-refractivity contribution < 1.29 is 4.79 Å². The van der Waals surface area contributed by atoms with Gasteiger partial charge in [0.1, 0.15) is 4.87 Å². The lowest BCUT2D eigenvalue weighted by Gasteiger charge is -2.28. The molecule has 0 bridgehead atoms. The first-order chi connectivity index (χ1) is 11.4. The van der Waals surface area contributed by atoms with Gasteiger partial charge in [-0.1, -0.05) is 53.2 Å². The van der Waals surface area contributed by atoms with E-state index in [2.05, 4.69) is 10.4 Å². The molecular formula is C17H15Cl2N3OS. The van der Waals surface area contributed by atoms with Gasteiger partial charge in [-0.3, -0.25) is 10.2 Å². The Kier molecular flexibility index (Phi) is 4.76. The first kappa shape index (κ1) is 17.1. The first-order valence-electron chi connectivity index (χ1n) is 7.26. The third-order valence-corrected chi connectivity index (χ3v) is 5.05. The number of benzene rings is 2. The van der Waals surface area contributed by atoms with Gasteiger partial charge in [0.05, 0.1) is 16.3 Å². The lowest BCUT2D eigenvalue weighted by atomic mass is 10.2. The lowest BCUT2D eigenvalue weighted by molar-refractivity contribution is 0.0631. The van der Waals surface area contributed by atoms with E-state index in [0.29, 0.717) is 20.8 Å². The van der Waals surface area contributed by atoms with E-state index in [1.807, 2.05) is 44.2 Å². The second-order valence-corrected chi connectivity index (χ2v) is 8.11. The molecule has 0 aromatic heterocycles. The highest BCUT2D eigenvalue weighted by molar-refractivity contribution is 8.15. The number of halogens is 2. The zero-order chi connectivity index (χ0) is 17.3. The standard InChI is InChI=1S/C17H15Cl2N3OS/c1-17(2)22(15(23)13-9-8-11(18)10-14(13)19)21-16(24-17)20-12-6-4-3-5-7-12/h3-10H,1-2H3,(H,20,21). The first-order valence-corrected chi connectivity index (χ1v) is 8.83. The molecule has 0 atom stereocenters. The Balaban J connectivity index is 1.88. The topological polar surface area (TPSA) is 44.7 Å². The van der Waals surface area contributed by atoms with Crippen molar-refractivity contribution >= 4 is 51.7 Å². The summed E-state index contributed by atoms with van der Waals surface area (Å²) in [5.74, 6) is -0.229. The van der Waals surface area contributed by atoms with Gasteiger partial charge in [-0.05, 0) is 44.2 Å². The van der Waals surface area contributed by atoms with Crippen LogP contribution in [0.25, 0.3) is 0 Å². The SMILES string of the molecule is CC1(C)SC(=Nc2ccccc2)NN1C(=O)c1ccc(Cl)cc1Cl. The molecule has 24 heavy (non-hydrogen) atoms. The fourth-order valence-corrected chi connectivity index (χ4v) is 3.75. The summed E-state index contributed by atoms with van der Waals surface area (Å²) in [6.07, 6.45) is 0. The normalized spacial score (nSPS) is 17.8. The molecule has 1 amide bonds. The van der Waals surface area contributed by atoms with Gasteiger partial charge < -0.3 is 0 Å². The Morgan fingerprint density at radius 1 is 1.17 bits per heavy atom. The minimum Gasteiger partial charge on any atom is -0.272 e. The van der Waals surface area contributed by atoms with E-state index >= 15 is 0 Å². The minimum absolute atomic E-state index is 0.229. The molecule has 1 aliphatic heterocycles. The van der Waals surface area contributed by atoms with Gasteiger partial charge in [0, 0.05) is 5.02 Å². The maximum absolute atomic E-state index is 12.9. The highest BCUT2D eigenvalue weighted by atomic mass is 35.5. The van der Waals surface area contributed by atoms with Crippen molar-refractivity contribution in [3.05, 3.63) is 64.1 Å². The molecule has 1 saturated heterocycles. The number of rotatable bonds is 2. The highest BCUT2D eigenvalue weighted by Gasteiger charge is 2.41. The predicted octanol–water partition coefficient (Wildman–Crippen LogP) is 5.11. The fourth-order valence-electron chi connectivity index (χ4n) is 2.28. The van der Waals surface area contributed by atoms with Crippen molar-refractivity contribution in [2.45, 2.75) is 18.7 Å². The second kappa shape index (κ2) is 6.67. The number of amides is 1. The van der Waals surface area contributed by atoms with Crippen LogP contribution >= 0.6 is 35.0 Å². The van der Waals surface area contributed by atoms with Crippen LogP contribution in [0.2, 0.25) is 10.0 Å². The number of para-hydroxylation sites is 1. The van der Waals surface area contributed by atoms with Crippen LogP contribution < -0.4 is 5.43 Å². The van der Waals surface area contributed by atoms with Gasteiger partial charge in [-0.25, -0.2) is 10.0 Å². The van der Waals surface area contributed by atoms with Crippen LogP contribution in [0.4, 0.5) is 5.69 Å². The molecule has 1 fully saturated rings. The molecule has 1 N–H and O–H groups in total. The van der Waals surface area contributed by atoms with Crippen LogP contribution in [0.1, 0.15) is 24.2 Å². The van der Waals surface area contributed by atoms with E-state index in [0.717, 1.165) is 5.69 Å². The Morgan fingerprint density at radius 2 is 1.88 bits per heavy atom. The van der Waals surface area contributed by atoms with Crippen LogP contribution in [0.15, 0.2) is 53.5 Å². The summed E-state index contributed by atoms with van der Waals surface area (Å²) in [5.41, 5.74) is 4.29. The van der Waals surface area contributed by atoms with E-state index in [4.69, 9.17) is 23.2 Å². The number of thioether (sulfide) groups is 1. The summed E-state index contributed by atoms with van der Waals surface area (Å²) >= 11 is 13.5. The summed E-state index contributed by atoms with van der Waals surface area (Å²) in [5, 5.41) is 3.01. The van der Waals surface area contributed by atoms with Crippen molar-refractivity contribution in [1.82, 2.24) is 10.4 Å². The van der Waals surface area contributed by atoms with E-state index in [1.165, 1.54) is 16.8 Å². The summed E-state index contributed by atoms with van der Waals surface area (Å²) in [4.78, 5) is 16.9. The minimum atomic E-state index is -0.506. The zero-order valence-corrected chi connectivity index (χ0v) is 15.4. The molecule has 0 aliphatic carbocycles. The maximum atomic E-state index is 12.9. The smallest absolute Gasteiger partial charge is 0.272 e. The molecular weight excluding hydrogens is 365 g/mol. The molecule has 7 heteroatoms. The van der Waals surface area contributed by atoms with Crippen molar-refractivity contribution in [3.8, 4) is 0 Å². The van der Waals surface area contributed by atoms with Gasteiger partial charge in [0.15, 0.2) is 5.17 Å². The lowest BCUT2D eigenvalue weighted by Crippen LogP contribution is -2.48. The predicted molar refractivity (Wildman–Crippen MR) is 101 cm³/mol. The molecule has 3 rings (SSSR count).